The van der Waals surface area contributed by atoms with Crippen molar-refractivity contribution in [2.75, 3.05) is 0 Å². The Kier molecular flexibility index (Phi) is 48.8. The SMILES string of the molecule is CCCCCCCCCCCCCCc1cccc2ccc(S(=O)(=O)[O-])c(CCCCCCCCCCCCCC)c12.CCCCCCCCCCCCCCc1cccc2ccc(S(=O)(=O)[O-])c(CCCCCCCCCCCCCC)c12.[Ca+2]. The van der Waals surface area contributed by atoms with Crippen LogP contribution in [0.15, 0.2) is 70.5 Å². The maximum absolute atomic E-state index is 12.2. The Morgan fingerprint density at radius 1 is 0.259 bits per heavy atom. The monoisotopic (exact) mass is 1240 g/mol. The van der Waals surface area contributed by atoms with E-state index in [-0.39, 0.29) is 47.5 Å². The van der Waals surface area contributed by atoms with Crippen LogP contribution in [-0.4, -0.2) is 63.7 Å². The molecular weight excluding hydrogens is 1110 g/mol. The molecule has 0 radical (unpaired) electrons. The first-order valence-electron chi connectivity index (χ1n) is 36.0. The molecule has 0 fully saturated rings. The van der Waals surface area contributed by atoms with E-state index in [1.54, 1.807) is 12.1 Å². The normalized spacial score (nSPS) is 11.8. The second-order valence-electron chi connectivity index (χ2n) is 25.6. The van der Waals surface area contributed by atoms with Gasteiger partial charge in [0.25, 0.3) is 0 Å². The predicted molar refractivity (Wildman–Crippen MR) is 369 cm³/mol. The maximum Gasteiger partial charge on any atom is 2.00 e. The number of hydrogen-bond donors (Lipinski definition) is 0. The second-order valence-corrected chi connectivity index (χ2v) is 28.3. The maximum atomic E-state index is 12.2. The first-order chi connectivity index (χ1) is 41.0. The van der Waals surface area contributed by atoms with E-state index in [1.807, 2.05) is 12.1 Å². The summed E-state index contributed by atoms with van der Waals surface area (Å²) in [5.74, 6) is 0. The zero-order chi connectivity index (χ0) is 60.6. The molecule has 0 spiro atoms. The van der Waals surface area contributed by atoms with Crippen molar-refractivity contribution in [1.29, 1.82) is 0 Å². The van der Waals surface area contributed by atoms with Crippen LogP contribution in [0.5, 0.6) is 0 Å². The third-order valence-electron chi connectivity index (χ3n) is 18.1. The molecule has 0 heterocycles. The summed E-state index contributed by atoms with van der Waals surface area (Å²) in [6, 6.07) is 19.3. The van der Waals surface area contributed by atoms with Crippen molar-refractivity contribution in [2.45, 2.75) is 371 Å². The van der Waals surface area contributed by atoms with Gasteiger partial charge >= 0.3 is 37.7 Å². The fourth-order valence-electron chi connectivity index (χ4n) is 13.0. The third kappa shape index (κ3) is 36.8. The van der Waals surface area contributed by atoms with Crippen LogP contribution in [0.4, 0.5) is 0 Å². The van der Waals surface area contributed by atoms with Crippen LogP contribution >= 0.6 is 0 Å². The molecule has 4 aromatic rings. The molecule has 0 unspecified atom stereocenters. The second kappa shape index (κ2) is 52.1. The zero-order valence-corrected chi connectivity index (χ0v) is 59.4. The van der Waals surface area contributed by atoms with Crippen molar-refractivity contribution in [3.8, 4) is 0 Å². The minimum absolute atomic E-state index is 0. The molecule has 0 atom stereocenters. The molecule has 9 heteroatoms. The summed E-state index contributed by atoms with van der Waals surface area (Å²) < 4.78 is 73.5. The van der Waals surface area contributed by atoms with Gasteiger partial charge in [-0.05, 0) is 107 Å². The largest absolute Gasteiger partial charge is 2.00 e. The molecule has 480 valence electrons. The molecule has 4 rings (SSSR count). The summed E-state index contributed by atoms with van der Waals surface area (Å²) in [5, 5.41) is 4.18. The Hall–Kier alpha value is -1.52. The summed E-state index contributed by atoms with van der Waals surface area (Å²) in [7, 11) is -9.01. The number of rotatable bonds is 54. The minimum Gasteiger partial charge on any atom is -0.744 e. The van der Waals surface area contributed by atoms with Crippen LogP contribution < -0.4 is 0 Å². The molecule has 0 aliphatic rings. The molecule has 0 saturated heterocycles. The van der Waals surface area contributed by atoms with Gasteiger partial charge in [0.2, 0.25) is 0 Å². The molecule has 0 aliphatic heterocycles. The topological polar surface area (TPSA) is 114 Å². The number of unbranched alkanes of at least 4 members (excludes halogenated alkanes) is 44. The Morgan fingerprint density at radius 3 is 0.671 bits per heavy atom. The van der Waals surface area contributed by atoms with Gasteiger partial charge in [-0.2, -0.15) is 0 Å². The summed E-state index contributed by atoms with van der Waals surface area (Å²) in [6.07, 6.45) is 65.5. The van der Waals surface area contributed by atoms with Crippen LogP contribution in [0.1, 0.15) is 358 Å². The molecule has 85 heavy (non-hydrogen) atoms. The number of hydrogen-bond acceptors (Lipinski definition) is 6. The van der Waals surface area contributed by atoms with Gasteiger partial charge in [-0.25, -0.2) is 16.8 Å². The van der Waals surface area contributed by atoms with E-state index in [9.17, 15) is 25.9 Å². The Morgan fingerprint density at radius 2 is 0.459 bits per heavy atom. The molecule has 0 aromatic heterocycles. The fraction of sp³-hybridized carbons (Fsp3) is 0.737. The van der Waals surface area contributed by atoms with Gasteiger partial charge in [-0.15, -0.1) is 0 Å². The van der Waals surface area contributed by atoms with E-state index in [4.69, 9.17) is 0 Å². The average Bonchev–Trinajstić information content (AvgIpc) is 1.37. The average molecular weight is 1240 g/mol. The van der Waals surface area contributed by atoms with E-state index in [2.05, 4.69) is 64.1 Å². The molecule has 0 bridgehead atoms. The van der Waals surface area contributed by atoms with Crippen molar-refractivity contribution in [3.05, 3.63) is 82.9 Å². The summed E-state index contributed by atoms with van der Waals surface area (Å²) in [4.78, 5) is 0.000402. The quantitative estimate of drug-likeness (QED) is 0.0247. The fourth-order valence-corrected chi connectivity index (χ4v) is 14.5. The van der Waals surface area contributed by atoms with Crippen molar-refractivity contribution in [1.82, 2.24) is 0 Å². The molecule has 0 aliphatic carbocycles. The summed E-state index contributed by atoms with van der Waals surface area (Å²) in [6.45, 7) is 9.07. The van der Waals surface area contributed by atoms with Gasteiger partial charge in [0.1, 0.15) is 20.2 Å². The third-order valence-corrected chi connectivity index (χ3v) is 19.9. The van der Waals surface area contributed by atoms with Gasteiger partial charge in [-0.1, -0.05) is 359 Å². The predicted octanol–water partition coefficient (Wildman–Crippen LogP) is 24.1. The zero-order valence-electron chi connectivity index (χ0n) is 55.5. The molecule has 4 aromatic carbocycles. The smallest absolute Gasteiger partial charge is 0.744 e. The molecule has 6 nitrogen and oxygen atoms in total. The molecule has 0 amide bonds. The van der Waals surface area contributed by atoms with Gasteiger partial charge in [-0.3, -0.25) is 0 Å². The molecule has 0 N–H and O–H groups in total. The Bertz CT molecular complexity index is 2300. The van der Waals surface area contributed by atoms with Crippen LogP contribution in [0, 0.1) is 0 Å². The van der Waals surface area contributed by atoms with Gasteiger partial charge in [0.15, 0.2) is 0 Å². The van der Waals surface area contributed by atoms with E-state index >= 15 is 0 Å². The van der Waals surface area contributed by atoms with Crippen LogP contribution in [0.25, 0.3) is 21.5 Å². The van der Waals surface area contributed by atoms with Crippen LogP contribution in [0.2, 0.25) is 0 Å². The van der Waals surface area contributed by atoms with E-state index in [0.29, 0.717) is 12.8 Å². The van der Waals surface area contributed by atoms with E-state index in [0.717, 1.165) is 84.0 Å². The van der Waals surface area contributed by atoms with Gasteiger partial charge < -0.3 is 9.11 Å². The van der Waals surface area contributed by atoms with Gasteiger partial charge in [0.05, 0.1) is 9.79 Å². The van der Waals surface area contributed by atoms with Crippen molar-refractivity contribution in [2.24, 2.45) is 0 Å². The van der Waals surface area contributed by atoms with Crippen LogP contribution in [0.3, 0.4) is 0 Å². The van der Waals surface area contributed by atoms with E-state index < -0.39 is 20.2 Å². The van der Waals surface area contributed by atoms with Crippen LogP contribution in [-0.2, 0) is 45.9 Å². The number of benzene rings is 4. The minimum atomic E-state index is -4.51. The first-order valence-corrected chi connectivity index (χ1v) is 38.8. The first kappa shape index (κ1) is 79.6. The number of fused-ring (bicyclic) bond motifs is 2. The Balaban J connectivity index is 0.000000573. The number of aryl methyl sites for hydroxylation is 4. The standard InChI is InChI=1S/2C38H64O3S.Ca/c2*1-3-5-7-9-11-13-15-17-19-21-23-25-28-34-29-27-30-35-32-33-37(42(39,40)41)36(38(34)35)31-26-24-22-20-18-16-14-12-10-8-6-4-2;/h2*27,29-30,32-33H,3-26,28,31H2,1-2H3,(H,39,40,41);/q;;+2/p-2. The summed E-state index contributed by atoms with van der Waals surface area (Å²) in [5.41, 5.74) is 3.95. The Labute approximate surface area is 555 Å². The van der Waals surface area contributed by atoms with Crippen molar-refractivity contribution in [3.63, 3.8) is 0 Å². The summed E-state index contributed by atoms with van der Waals surface area (Å²) >= 11 is 0. The molecular formula is C76H126CaO6S2. The van der Waals surface area contributed by atoms with Gasteiger partial charge in [0, 0.05) is 0 Å². The van der Waals surface area contributed by atoms with Crippen molar-refractivity contribution < 1.29 is 25.9 Å². The van der Waals surface area contributed by atoms with E-state index in [1.165, 1.54) is 281 Å². The van der Waals surface area contributed by atoms with Crippen molar-refractivity contribution >= 4 is 79.5 Å². The molecule has 0 saturated carbocycles.